The summed E-state index contributed by atoms with van der Waals surface area (Å²) in [7, 11) is 0. The summed E-state index contributed by atoms with van der Waals surface area (Å²) < 4.78 is 5.10. The third-order valence-corrected chi connectivity index (χ3v) is 3.50. The van der Waals surface area contributed by atoms with E-state index in [4.69, 9.17) is 4.74 Å². The average Bonchev–Trinajstić information content (AvgIpc) is 2.96. The van der Waals surface area contributed by atoms with E-state index >= 15 is 0 Å². The maximum atomic E-state index is 12.3. The maximum Gasteiger partial charge on any atom is 0.395 e. The Hall–Kier alpha value is -3.23. The zero-order valence-electron chi connectivity index (χ0n) is 11.9. The lowest BCUT2D eigenvalue weighted by Crippen LogP contribution is -2.33. The number of rotatable bonds is 4. The fourth-order valence-electron chi connectivity index (χ4n) is 2.45. The van der Waals surface area contributed by atoms with E-state index in [9.17, 15) is 19.7 Å². The van der Waals surface area contributed by atoms with Crippen molar-refractivity contribution < 1.29 is 14.5 Å². The molecule has 9 nitrogen and oxygen atoms in total. The molecule has 1 aliphatic rings. The molecule has 1 amide bonds. The van der Waals surface area contributed by atoms with Gasteiger partial charge >= 0.3 is 17.1 Å². The topological polar surface area (TPSA) is 118 Å². The van der Waals surface area contributed by atoms with Crippen LogP contribution in [0.2, 0.25) is 0 Å². The van der Waals surface area contributed by atoms with E-state index in [1.807, 2.05) is 24.3 Å². The molecule has 3 rings (SSSR count). The highest BCUT2D eigenvalue weighted by Gasteiger charge is 2.27. The monoisotopic (exact) mass is 316 g/mol. The first kappa shape index (κ1) is 14.7. The molecule has 1 aromatic carbocycles. The van der Waals surface area contributed by atoms with Crippen LogP contribution in [0.25, 0.3) is 0 Å². The van der Waals surface area contributed by atoms with Crippen LogP contribution in [0, 0.1) is 10.1 Å². The van der Waals surface area contributed by atoms with Crippen molar-refractivity contribution in [3.05, 3.63) is 56.6 Å². The van der Waals surface area contributed by atoms with Crippen molar-refractivity contribution in [2.75, 3.05) is 18.1 Å². The third kappa shape index (κ3) is 2.76. The van der Waals surface area contributed by atoms with Gasteiger partial charge in [-0.25, -0.2) is 0 Å². The van der Waals surface area contributed by atoms with Gasteiger partial charge in [-0.05, 0) is 18.1 Å². The molecule has 0 bridgehead atoms. The minimum Gasteiger partial charge on any atom is -0.462 e. The second kappa shape index (κ2) is 5.87. The molecule has 2 aromatic rings. The van der Waals surface area contributed by atoms with Crippen LogP contribution in [0.5, 0.6) is 5.88 Å². The van der Waals surface area contributed by atoms with E-state index in [0.29, 0.717) is 6.54 Å². The Kier molecular flexibility index (Phi) is 3.75. The number of amides is 1. The second-order valence-corrected chi connectivity index (χ2v) is 4.86. The molecule has 9 heteroatoms. The summed E-state index contributed by atoms with van der Waals surface area (Å²) in [6.45, 7) is 0.0814. The van der Waals surface area contributed by atoms with Gasteiger partial charge in [-0.1, -0.05) is 18.2 Å². The number of carbonyl (C=O) groups excluding carboxylic acids is 1. The van der Waals surface area contributed by atoms with E-state index in [0.717, 1.165) is 24.0 Å². The first-order valence-corrected chi connectivity index (χ1v) is 6.81. The number of fused-ring (bicyclic) bond motifs is 1. The number of nitrogens with zero attached hydrogens (tertiary/aromatic N) is 3. The van der Waals surface area contributed by atoms with Crippen molar-refractivity contribution in [2.45, 2.75) is 6.42 Å². The quantitative estimate of drug-likeness (QED) is 0.653. The molecule has 118 valence electrons. The van der Waals surface area contributed by atoms with E-state index in [1.54, 1.807) is 4.90 Å². The summed E-state index contributed by atoms with van der Waals surface area (Å²) >= 11 is 0. The van der Waals surface area contributed by atoms with Crippen molar-refractivity contribution in [3.63, 3.8) is 0 Å². The smallest absolute Gasteiger partial charge is 0.395 e. The van der Waals surface area contributed by atoms with Gasteiger partial charge < -0.3 is 14.6 Å². The molecule has 0 atom stereocenters. The molecule has 0 saturated carbocycles. The molecular weight excluding hydrogens is 304 g/mol. The SMILES string of the molecule is O=C(COc1nc[nH]c(=O)c1[N+](=O)[O-])N1CCc2ccccc21. The van der Waals surface area contributed by atoms with Crippen LogP contribution in [0.4, 0.5) is 11.4 Å². The summed E-state index contributed by atoms with van der Waals surface area (Å²) in [4.78, 5) is 40.9. The number of hydrogen-bond donors (Lipinski definition) is 1. The predicted molar refractivity (Wildman–Crippen MR) is 79.5 cm³/mol. The second-order valence-electron chi connectivity index (χ2n) is 4.86. The first-order valence-electron chi connectivity index (χ1n) is 6.81. The molecular formula is C14H12N4O5. The van der Waals surface area contributed by atoms with Crippen molar-refractivity contribution in [1.29, 1.82) is 0 Å². The van der Waals surface area contributed by atoms with Crippen molar-refractivity contribution in [2.24, 2.45) is 0 Å². The lowest BCUT2D eigenvalue weighted by Gasteiger charge is -2.17. The summed E-state index contributed by atoms with van der Waals surface area (Å²) in [5, 5.41) is 10.9. The summed E-state index contributed by atoms with van der Waals surface area (Å²) in [6.07, 6.45) is 1.73. The number of benzene rings is 1. The van der Waals surface area contributed by atoms with Crippen molar-refractivity contribution >= 4 is 17.3 Å². The number of H-pyrrole nitrogens is 1. The van der Waals surface area contributed by atoms with Gasteiger partial charge in [0.25, 0.3) is 5.91 Å². The lowest BCUT2D eigenvalue weighted by atomic mass is 10.2. The van der Waals surface area contributed by atoms with Crippen LogP contribution in [-0.4, -0.2) is 34.0 Å². The molecule has 0 aliphatic carbocycles. The minimum absolute atomic E-state index is 0.355. The zero-order chi connectivity index (χ0) is 16.4. The Morgan fingerprint density at radius 3 is 3.00 bits per heavy atom. The fourth-order valence-corrected chi connectivity index (χ4v) is 2.45. The molecule has 0 radical (unpaired) electrons. The van der Waals surface area contributed by atoms with Gasteiger partial charge in [-0.2, -0.15) is 4.98 Å². The average molecular weight is 316 g/mol. The van der Waals surface area contributed by atoms with Gasteiger partial charge in [0, 0.05) is 12.2 Å². The lowest BCUT2D eigenvalue weighted by molar-refractivity contribution is -0.387. The summed E-state index contributed by atoms with van der Waals surface area (Å²) in [5.41, 5.74) is 0.108. The minimum atomic E-state index is -0.932. The normalized spacial score (nSPS) is 12.8. The maximum absolute atomic E-state index is 12.3. The number of anilines is 1. The first-order chi connectivity index (χ1) is 11.1. The Morgan fingerprint density at radius 1 is 1.43 bits per heavy atom. The van der Waals surface area contributed by atoms with Gasteiger partial charge in [0.2, 0.25) is 0 Å². The number of nitro groups is 1. The van der Waals surface area contributed by atoms with E-state index in [1.165, 1.54) is 0 Å². The van der Waals surface area contributed by atoms with E-state index in [2.05, 4.69) is 9.97 Å². The number of aromatic nitrogens is 2. The largest absolute Gasteiger partial charge is 0.462 e. The number of ether oxygens (including phenoxy) is 1. The molecule has 23 heavy (non-hydrogen) atoms. The van der Waals surface area contributed by atoms with Crippen LogP contribution in [0.3, 0.4) is 0 Å². The Labute approximate surface area is 129 Å². The van der Waals surface area contributed by atoms with Crippen LogP contribution < -0.4 is 15.2 Å². The van der Waals surface area contributed by atoms with E-state index < -0.39 is 28.7 Å². The van der Waals surface area contributed by atoms with Gasteiger partial charge in [0.15, 0.2) is 6.61 Å². The van der Waals surface area contributed by atoms with Crippen LogP contribution >= 0.6 is 0 Å². The molecule has 1 N–H and O–H groups in total. The van der Waals surface area contributed by atoms with Gasteiger partial charge in [-0.3, -0.25) is 19.7 Å². The Morgan fingerprint density at radius 2 is 2.22 bits per heavy atom. The number of para-hydroxylation sites is 1. The van der Waals surface area contributed by atoms with Gasteiger partial charge in [0.05, 0.1) is 11.3 Å². The molecule has 0 unspecified atom stereocenters. The molecule has 2 heterocycles. The number of aromatic amines is 1. The Bertz CT molecular complexity index is 832. The fraction of sp³-hybridized carbons (Fsp3) is 0.214. The van der Waals surface area contributed by atoms with Crippen LogP contribution in [0.15, 0.2) is 35.4 Å². The standard InChI is InChI=1S/C14H12N4O5/c19-11(17-6-5-9-3-1-2-4-10(9)17)7-23-14-12(18(21)22)13(20)15-8-16-14/h1-4,8H,5-7H2,(H,15,16,20). The van der Waals surface area contributed by atoms with E-state index in [-0.39, 0.29) is 5.91 Å². The molecule has 0 saturated heterocycles. The van der Waals surface area contributed by atoms with Gasteiger partial charge in [0.1, 0.15) is 0 Å². The summed E-state index contributed by atoms with van der Waals surface area (Å²) in [5.74, 6) is -0.828. The number of hydrogen-bond acceptors (Lipinski definition) is 6. The number of carbonyl (C=O) groups is 1. The molecule has 0 fully saturated rings. The highest BCUT2D eigenvalue weighted by molar-refractivity contribution is 5.96. The molecule has 1 aromatic heterocycles. The molecule has 1 aliphatic heterocycles. The molecule has 0 spiro atoms. The van der Waals surface area contributed by atoms with Gasteiger partial charge in [-0.15, -0.1) is 0 Å². The zero-order valence-corrected chi connectivity index (χ0v) is 11.9. The van der Waals surface area contributed by atoms with Crippen LogP contribution in [0.1, 0.15) is 5.56 Å². The number of nitrogens with one attached hydrogen (secondary N) is 1. The highest BCUT2D eigenvalue weighted by atomic mass is 16.6. The van der Waals surface area contributed by atoms with Crippen molar-refractivity contribution in [1.82, 2.24) is 9.97 Å². The van der Waals surface area contributed by atoms with Crippen LogP contribution in [-0.2, 0) is 11.2 Å². The Balaban J connectivity index is 1.75. The predicted octanol–water partition coefficient (Wildman–Crippen LogP) is 0.646. The van der Waals surface area contributed by atoms with Crippen molar-refractivity contribution in [3.8, 4) is 5.88 Å². The third-order valence-electron chi connectivity index (χ3n) is 3.50. The highest BCUT2D eigenvalue weighted by Crippen LogP contribution is 2.27. The summed E-state index contributed by atoms with van der Waals surface area (Å²) in [6, 6.07) is 7.49.